The summed E-state index contributed by atoms with van der Waals surface area (Å²) in [5, 5.41) is 0. The zero-order valence-corrected chi connectivity index (χ0v) is 13.5. The number of allylic oxidation sites excluding steroid dienone is 4. The van der Waals surface area contributed by atoms with Gasteiger partial charge in [-0.25, -0.2) is 0 Å². The summed E-state index contributed by atoms with van der Waals surface area (Å²) in [5.74, 6) is 1.52. The molecule has 4 heteroatoms. The quantitative estimate of drug-likeness (QED) is 0.861. The van der Waals surface area contributed by atoms with Gasteiger partial charge in [-0.1, -0.05) is 24.3 Å². The first-order valence-corrected chi connectivity index (χ1v) is 7.79. The molecule has 120 valence electrons. The van der Waals surface area contributed by atoms with Gasteiger partial charge in [-0.05, 0) is 42.2 Å². The lowest BCUT2D eigenvalue weighted by molar-refractivity contribution is -0.127. The molecule has 1 aliphatic carbocycles. The Bertz CT molecular complexity index is 701. The van der Waals surface area contributed by atoms with Crippen LogP contribution < -0.4 is 9.47 Å². The molecular weight excluding hydrogens is 290 g/mol. The van der Waals surface area contributed by atoms with Gasteiger partial charge in [0.15, 0.2) is 11.5 Å². The van der Waals surface area contributed by atoms with Gasteiger partial charge in [-0.3, -0.25) is 4.79 Å². The van der Waals surface area contributed by atoms with Gasteiger partial charge in [0, 0.05) is 18.7 Å². The molecule has 2 aliphatic rings. The van der Waals surface area contributed by atoms with E-state index >= 15 is 0 Å². The van der Waals surface area contributed by atoms with E-state index < -0.39 is 0 Å². The molecule has 0 radical (unpaired) electrons. The number of fused-ring (bicyclic) bond motifs is 1. The van der Waals surface area contributed by atoms with Crippen molar-refractivity contribution in [2.45, 2.75) is 19.4 Å². The Morgan fingerprint density at radius 1 is 1.09 bits per heavy atom. The summed E-state index contributed by atoms with van der Waals surface area (Å²) in [6.45, 7) is 1.32. The highest BCUT2D eigenvalue weighted by atomic mass is 16.5. The van der Waals surface area contributed by atoms with Crippen molar-refractivity contribution >= 4 is 5.91 Å². The highest BCUT2D eigenvalue weighted by Gasteiger charge is 2.24. The van der Waals surface area contributed by atoms with E-state index in [4.69, 9.17) is 9.47 Å². The number of rotatable bonds is 3. The minimum absolute atomic E-state index is 0.0771. The van der Waals surface area contributed by atoms with E-state index in [2.05, 4.69) is 0 Å². The average molecular weight is 311 g/mol. The molecule has 0 atom stereocenters. The molecule has 0 bridgehead atoms. The van der Waals surface area contributed by atoms with Crippen molar-refractivity contribution in [3.05, 3.63) is 59.2 Å². The van der Waals surface area contributed by atoms with Crippen LogP contribution in [0.15, 0.2) is 48.1 Å². The predicted molar refractivity (Wildman–Crippen MR) is 89.6 cm³/mol. The number of amides is 1. The summed E-state index contributed by atoms with van der Waals surface area (Å²) in [4.78, 5) is 14.6. The largest absolute Gasteiger partial charge is 0.493 e. The van der Waals surface area contributed by atoms with Gasteiger partial charge in [0.05, 0.1) is 14.2 Å². The Labute approximate surface area is 136 Å². The van der Waals surface area contributed by atoms with E-state index in [1.807, 2.05) is 47.4 Å². The molecule has 0 unspecified atom stereocenters. The van der Waals surface area contributed by atoms with Crippen LogP contribution in [0.5, 0.6) is 11.5 Å². The van der Waals surface area contributed by atoms with Crippen LogP contribution in [0.2, 0.25) is 0 Å². The topological polar surface area (TPSA) is 38.8 Å². The third-order valence-corrected chi connectivity index (χ3v) is 4.23. The number of hydrogen-bond donors (Lipinski definition) is 0. The van der Waals surface area contributed by atoms with E-state index in [1.165, 1.54) is 5.56 Å². The maximum atomic E-state index is 12.7. The van der Waals surface area contributed by atoms with E-state index in [0.717, 1.165) is 36.3 Å². The third-order valence-electron chi connectivity index (χ3n) is 4.23. The van der Waals surface area contributed by atoms with E-state index in [9.17, 15) is 4.79 Å². The van der Waals surface area contributed by atoms with Crippen LogP contribution in [-0.2, 0) is 17.8 Å². The summed E-state index contributed by atoms with van der Waals surface area (Å²) in [6.07, 6.45) is 11.5. The predicted octanol–water partition coefficient (Wildman–Crippen LogP) is 3.03. The fraction of sp³-hybridized carbons (Fsp3) is 0.316. The first kappa shape index (κ1) is 15.4. The molecule has 1 heterocycles. The number of benzene rings is 1. The standard InChI is InChI=1S/C19H21NO3/c1-22-17-11-15-9-10-20(13-16(15)12-18(17)23-2)19(21)14-7-5-3-4-6-8-14/h3,5-8,11-12H,4,9-10,13H2,1-2H3. The first-order chi connectivity index (χ1) is 11.2. The Morgan fingerprint density at radius 2 is 1.83 bits per heavy atom. The van der Waals surface area contributed by atoms with Crippen molar-refractivity contribution < 1.29 is 14.3 Å². The number of hydrogen-bond acceptors (Lipinski definition) is 3. The molecule has 0 saturated heterocycles. The second kappa shape index (κ2) is 6.73. The highest BCUT2D eigenvalue weighted by molar-refractivity contribution is 5.96. The van der Waals surface area contributed by atoms with Crippen LogP contribution in [0.4, 0.5) is 0 Å². The first-order valence-electron chi connectivity index (χ1n) is 7.79. The summed E-state index contributed by atoms with van der Waals surface area (Å²) in [5.41, 5.74) is 3.08. The van der Waals surface area contributed by atoms with Crippen LogP contribution in [0, 0.1) is 0 Å². The number of nitrogens with zero attached hydrogens (tertiary/aromatic N) is 1. The summed E-state index contributed by atoms with van der Waals surface area (Å²) >= 11 is 0. The second-order valence-electron chi connectivity index (χ2n) is 5.64. The molecule has 4 nitrogen and oxygen atoms in total. The average Bonchev–Trinajstić information content (AvgIpc) is 2.88. The highest BCUT2D eigenvalue weighted by Crippen LogP contribution is 2.33. The molecule has 0 spiro atoms. The Morgan fingerprint density at radius 3 is 2.57 bits per heavy atom. The molecule has 1 aromatic rings. The third kappa shape index (κ3) is 3.16. The SMILES string of the molecule is COc1cc2c(cc1OC)CN(C(=O)C1=CC=CCC=C1)CC2. The van der Waals surface area contributed by atoms with Gasteiger partial charge in [0.1, 0.15) is 0 Å². The van der Waals surface area contributed by atoms with Gasteiger partial charge in [-0.2, -0.15) is 0 Å². The van der Waals surface area contributed by atoms with E-state index in [0.29, 0.717) is 12.3 Å². The smallest absolute Gasteiger partial charge is 0.254 e. The van der Waals surface area contributed by atoms with Crippen LogP contribution in [0.3, 0.4) is 0 Å². The number of carbonyl (C=O) groups excluding carboxylic acids is 1. The Balaban J connectivity index is 1.83. The number of carbonyl (C=O) groups is 1. The minimum atomic E-state index is 0.0771. The van der Waals surface area contributed by atoms with Crippen molar-refractivity contribution in [3.8, 4) is 11.5 Å². The van der Waals surface area contributed by atoms with E-state index in [1.54, 1.807) is 14.2 Å². The molecule has 0 N–H and O–H groups in total. The zero-order valence-electron chi connectivity index (χ0n) is 13.5. The van der Waals surface area contributed by atoms with Crippen LogP contribution >= 0.6 is 0 Å². The van der Waals surface area contributed by atoms with Crippen molar-refractivity contribution in [3.63, 3.8) is 0 Å². The number of ether oxygens (including phenoxy) is 2. The fourth-order valence-electron chi connectivity index (χ4n) is 2.96. The van der Waals surface area contributed by atoms with Gasteiger partial charge in [0.2, 0.25) is 0 Å². The molecule has 23 heavy (non-hydrogen) atoms. The summed E-state index contributed by atoms with van der Waals surface area (Å²) in [7, 11) is 3.27. The molecule has 1 aromatic carbocycles. The molecule has 3 rings (SSSR count). The van der Waals surface area contributed by atoms with Crippen molar-refractivity contribution in [1.29, 1.82) is 0 Å². The van der Waals surface area contributed by atoms with E-state index in [-0.39, 0.29) is 5.91 Å². The van der Waals surface area contributed by atoms with Gasteiger partial charge in [0.25, 0.3) is 5.91 Å². The minimum Gasteiger partial charge on any atom is -0.493 e. The lowest BCUT2D eigenvalue weighted by atomic mass is 9.98. The van der Waals surface area contributed by atoms with Crippen LogP contribution in [0.1, 0.15) is 17.5 Å². The lowest BCUT2D eigenvalue weighted by Crippen LogP contribution is -2.36. The lowest BCUT2D eigenvalue weighted by Gasteiger charge is -2.30. The molecule has 0 aromatic heterocycles. The fourth-order valence-corrected chi connectivity index (χ4v) is 2.96. The maximum absolute atomic E-state index is 12.7. The van der Waals surface area contributed by atoms with Gasteiger partial charge in [-0.15, -0.1) is 0 Å². The molecule has 1 aliphatic heterocycles. The Kier molecular flexibility index (Phi) is 4.51. The van der Waals surface area contributed by atoms with Gasteiger partial charge < -0.3 is 14.4 Å². The monoisotopic (exact) mass is 311 g/mol. The normalized spacial score (nSPS) is 16.4. The molecule has 0 saturated carbocycles. The second-order valence-corrected chi connectivity index (χ2v) is 5.64. The molecule has 0 fully saturated rings. The molecule has 1 amide bonds. The van der Waals surface area contributed by atoms with Crippen LogP contribution in [-0.4, -0.2) is 31.6 Å². The maximum Gasteiger partial charge on any atom is 0.254 e. The number of methoxy groups -OCH3 is 2. The summed E-state index contributed by atoms with van der Waals surface area (Å²) < 4.78 is 10.7. The van der Waals surface area contributed by atoms with Crippen molar-refractivity contribution in [2.75, 3.05) is 20.8 Å². The molecular formula is C19H21NO3. The van der Waals surface area contributed by atoms with Crippen molar-refractivity contribution in [2.24, 2.45) is 0 Å². The van der Waals surface area contributed by atoms with Gasteiger partial charge >= 0.3 is 0 Å². The van der Waals surface area contributed by atoms with Crippen LogP contribution in [0.25, 0.3) is 0 Å². The Hall–Kier alpha value is -2.49. The van der Waals surface area contributed by atoms with Crippen molar-refractivity contribution in [1.82, 2.24) is 4.90 Å². The zero-order chi connectivity index (χ0) is 16.2. The summed E-state index contributed by atoms with van der Waals surface area (Å²) in [6, 6.07) is 3.99.